The molecule has 0 bridgehead atoms. The molecule has 24 heavy (non-hydrogen) atoms. The summed E-state index contributed by atoms with van der Waals surface area (Å²) in [7, 11) is 0. The third kappa shape index (κ3) is 2.75. The van der Waals surface area contributed by atoms with Crippen LogP contribution < -0.4 is 9.93 Å². The first-order valence-electron chi connectivity index (χ1n) is 9.06. The van der Waals surface area contributed by atoms with Gasteiger partial charge in [-0.05, 0) is 36.0 Å². The number of allylic oxidation sites excluding steroid dienone is 4. The number of fused-ring (bicyclic) bond motifs is 1. The lowest BCUT2D eigenvalue weighted by atomic mass is 9.82. The van der Waals surface area contributed by atoms with Crippen LogP contribution in [0, 0.1) is 0 Å². The molecule has 0 aromatic heterocycles. The summed E-state index contributed by atoms with van der Waals surface area (Å²) in [5, 5.41) is 1.28. The first-order chi connectivity index (χ1) is 11.5. The quantitative estimate of drug-likeness (QED) is 0.702. The van der Waals surface area contributed by atoms with Gasteiger partial charge in [-0.3, -0.25) is 0 Å². The van der Waals surface area contributed by atoms with Crippen LogP contribution in [0.2, 0.25) is 0 Å². The van der Waals surface area contributed by atoms with Gasteiger partial charge in [-0.25, -0.2) is 4.58 Å². The lowest BCUT2D eigenvalue weighted by molar-refractivity contribution is 0.431. The van der Waals surface area contributed by atoms with Gasteiger partial charge in [0.25, 0.3) is 0 Å². The van der Waals surface area contributed by atoms with E-state index in [0.717, 1.165) is 37.5 Å². The predicted octanol–water partition coefficient (Wildman–Crippen LogP) is 4.59. The smallest absolute Gasteiger partial charge is 0.203 e. The number of hydrogen-bond acceptors (Lipinski definition) is 1. The molecular formula is C22H26NO+. The minimum absolute atomic E-state index is 0.0843. The average molecular weight is 320 g/mol. The molecule has 2 heterocycles. The molecule has 0 unspecified atom stereocenters. The minimum Gasteiger partial charge on any atom is -0.456 e. The van der Waals surface area contributed by atoms with E-state index in [9.17, 15) is 0 Å². The van der Waals surface area contributed by atoms with E-state index >= 15 is 0 Å². The van der Waals surface area contributed by atoms with E-state index in [1.165, 1.54) is 28.5 Å². The normalized spacial score (nSPS) is 17.8. The Balaban J connectivity index is 1.96. The molecule has 0 aromatic rings. The Morgan fingerprint density at radius 3 is 2.46 bits per heavy atom. The monoisotopic (exact) mass is 320 g/mol. The number of rotatable bonds is 1. The Kier molecular flexibility index (Phi) is 3.71. The molecule has 2 aliphatic heterocycles. The molecule has 2 nitrogen and oxygen atoms in total. The second-order valence-corrected chi connectivity index (χ2v) is 7.93. The maximum Gasteiger partial charge on any atom is 0.203 e. The van der Waals surface area contributed by atoms with Gasteiger partial charge in [-0.2, -0.15) is 0 Å². The minimum atomic E-state index is 0.0843. The van der Waals surface area contributed by atoms with Crippen molar-refractivity contribution in [1.82, 2.24) is 4.58 Å². The Labute approximate surface area is 144 Å². The van der Waals surface area contributed by atoms with Crippen LogP contribution in [-0.2, 0) is 5.41 Å². The summed E-state index contributed by atoms with van der Waals surface area (Å²) in [6, 6.07) is 8.95. The summed E-state index contributed by atoms with van der Waals surface area (Å²) < 4.78 is 8.77. The van der Waals surface area contributed by atoms with E-state index in [4.69, 9.17) is 4.42 Å². The molecule has 124 valence electrons. The van der Waals surface area contributed by atoms with Crippen molar-refractivity contribution in [3.05, 3.63) is 59.2 Å². The van der Waals surface area contributed by atoms with Gasteiger partial charge in [0.05, 0.1) is 12.5 Å². The Hall–Kier alpha value is -2.09. The summed E-state index contributed by atoms with van der Waals surface area (Å²) in [5.74, 6) is 1.99. The van der Waals surface area contributed by atoms with Crippen molar-refractivity contribution in [2.75, 3.05) is 13.1 Å². The van der Waals surface area contributed by atoms with Crippen molar-refractivity contribution in [1.29, 1.82) is 0 Å². The van der Waals surface area contributed by atoms with Crippen LogP contribution in [-0.4, -0.2) is 13.1 Å². The lowest BCUT2D eigenvalue weighted by Gasteiger charge is -2.25. The van der Waals surface area contributed by atoms with Gasteiger partial charge in [-0.1, -0.05) is 39.0 Å². The van der Waals surface area contributed by atoms with E-state index in [0.29, 0.717) is 0 Å². The standard InChI is InChI=1S/C22H26NO/c1-22(2,3)19-15-20(16-8-5-4-6-9-16)24-21-14-17(10-11-18(19)21)23-12-7-13-23/h5,8-11,14-15H,4,6-7,12-13H2,1-3H3/q+1. The SMILES string of the molecule is CC(C)(C)c1cc(C2=CCCC=C2)oc2cc(=[N+]3CCC3)ccc1-2. The van der Waals surface area contributed by atoms with Crippen LogP contribution in [0.4, 0.5) is 0 Å². The zero-order valence-corrected chi connectivity index (χ0v) is 14.9. The van der Waals surface area contributed by atoms with Gasteiger partial charge in [0.15, 0.2) is 0 Å². The third-order valence-corrected chi connectivity index (χ3v) is 5.06. The molecule has 0 spiro atoms. The van der Waals surface area contributed by atoms with Crippen molar-refractivity contribution in [2.24, 2.45) is 0 Å². The van der Waals surface area contributed by atoms with Crippen LogP contribution in [0.3, 0.4) is 0 Å². The highest BCUT2D eigenvalue weighted by Crippen LogP contribution is 2.37. The zero-order chi connectivity index (χ0) is 16.7. The summed E-state index contributed by atoms with van der Waals surface area (Å²) in [6.45, 7) is 9.15. The highest BCUT2D eigenvalue weighted by molar-refractivity contribution is 5.75. The molecule has 0 amide bonds. The second-order valence-electron chi connectivity index (χ2n) is 7.93. The number of nitrogens with zero attached hydrogens (tertiary/aromatic N) is 1. The summed E-state index contributed by atoms with van der Waals surface area (Å²) >= 11 is 0. The predicted molar refractivity (Wildman–Crippen MR) is 100 cm³/mol. The molecule has 1 fully saturated rings. The molecule has 0 radical (unpaired) electrons. The fourth-order valence-electron chi connectivity index (χ4n) is 3.50. The van der Waals surface area contributed by atoms with Crippen molar-refractivity contribution in [3.8, 4) is 11.3 Å². The fourth-order valence-corrected chi connectivity index (χ4v) is 3.50. The molecule has 4 aliphatic rings. The van der Waals surface area contributed by atoms with Gasteiger partial charge < -0.3 is 4.42 Å². The van der Waals surface area contributed by atoms with E-state index in [2.05, 4.69) is 67.8 Å². The first kappa shape index (κ1) is 15.4. The largest absolute Gasteiger partial charge is 0.456 e. The Morgan fingerprint density at radius 1 is 1.00 bits per heavy atom. The Morgan fingerprint density at radius 2 is 1.83 bits per heavy atom. The average Bonchev–Trinajstić information content (AvgIpc) is 2.52. The molecule has 2 aliphatic carbocycles. The fraction of sp³-hybridized carbons (Fsp3) is 0.409. The van der Waals surface area contributed by atoms with Gasteiger partial charge in [-0.15, -0.1) is 0 Å². The van der Waals surface area contributed by atoms with Crippen molar-refractivity contribution in [3.63, 3.8) is 0 Å². The first-order valence-corrected chi connectivity index (χ1v) is 9.06. The second kappa shape index (κ2) is 5.77. The molecule has 2 heteroatoms. The molecule has 1 saturated heterocycles. The van der Waals surface area contributed by atoms with E-state index in [1.807, 2.05) is 0 Å². The molecule has 0 aromatic carbocycles. The molecule has 0 saturated carbocycles. The molecule has 0 N–H and O–H groups in total. The van der Waals surface area contributed by atoms with Gasteiger partial charge >= 0.3 is 0 Å². The van der Waals surface area contributed by atoms with Gasteiger partial charge in [0.1, 0.15) is 24.6 Å². The van der Waals surface area contributed by atoms with E-state index < -0.39 is 0 Å². The van der Waals surface area contributed by atoms with Crippen LogP contribution in [0.1, 0.15) is 51.4 Å². The lowest BCUT2D eigenvalue weighted by Crippen LogP contribution is -2.40. The van der Waals surface area contributed by atoms with Crippen LogP contribution >= 0.6 is 0 Å². The van der Waals surface area contributed by atoms with Crippen molar-refractivity contribution in [2.45, 2.75) is 45.4 Å². The van der Waals surface area contributed by atoms with Crippen LogP contribution in [0.25, 0.3) is 16.9 Å². The number of benzene rings is 1. The molecule has 4 rings (SSSR count). The van der Waals surface area contributed by atoms with Crippen molar-refractivity contribution >= 4 is 5.57 Å². The summed E-state index contributed by atoms with van der Waals surface area (Å²) in [4.78, 5) is 0. The molecule has 0 atom stereocenters. The highest BCUT2D eigenvalue weighted by Gasteiger charge is 2.25. The maximum atomic E-state index is 6.35. The highest BCUT2D eigenvalue weighted by atomic mass is 16.3. The van der Waals surface area contributed by atoms with Gasteiger partial charge in [0, 0.05) is 17.2 Å². The van der Waals surface area contributed by atoms with Crippen LogP contribution in [0.5, 0.6) is 0 Å². The zero-order valence-electron chi connectivity index (χ0n) is 14.9. The Bertz CT molecular complexity index is 868. The van der Waals surface area contributed by atoms with E-state index in [-0.39, 0.29) is 5.41 Å². The van der Waals surface area contributed by atoms with Crippen molar-refractivity contribution < 1.29 is 4.42 Å². The summed E-state index contributed by atoms with van der Waals surface area (Å²) in [6.07, 6.45) is 10.2. The summed E-state index contributed by atoms with van der Waals surface area (Å²) in [5.41, 5.74) is 3.88. The van der Waals surface area contributed by atoms with E-state index in [1.54, 1.807) is 0 Å². The third-order valence-electron chi connectivity index (χ3n) is 5.06. The topological polar surface area (TPSA) is 16.1 Å². The van der Waals surface area contributed by atoms with Crippen LogP contribution in [0.15, 0.2) is 46.9 Å². The molecular weight excluding hydrogens is 294 g/mol. The van der Waals surface area contributed by atoms with Gasteiger partial charge in [0.2, 0.25) is 5.36 Å². The number of hydrogen-bond donors (Lipinski definition) is 0. The maximum absolute atomic E-state index is 6.35.